The van der Waals surface area contributed by atoms with E-state index in [9.17, 15) is 9.59 Å². The molecule has 1 aromatic heterocycles. The fraction of sp³-hybridized carbons (Fsp3) is 0.400. The fourth-order valence-electron chi connectivity index (χ4n) is 2.14. The van der Waals surface area contributed by atoms with Crippen molar-refractivity contribution < 1.29 is 14.7 Å². The molecule has 2 amide bonds. The first-order valence-corrected chi connectivity index (χ1v) is 7.30. The van der Waals surface area contributed by atoms with Crippen LogP contribution >= 0.6 is 0 Å². The lowest BCUT2D eigenvalue weighted by Crippen LogP contribution is -2.36. The molecule has 0 aliphatic rings. The Labute approximate surface area is 128 Å². The lowest BCUT2D eigenvalue weighted by Gasteiger charge is -2.08. The van der Waals surface area contributed by atoms with Crippen LogP contribution in [-0.2, 0) is 11.3 Å². The predicted octanol–water partition coefficient (Wildman–Crippen LogP) is 1.59. The number of imidazole rings is 1. The Bertz CT molecular complexity index is 639. The second-order valence-electron chi connectivity index (χ2n) is 4.96. The highest BCUT2D eigenvalue weighted by Crippen LogP contribution is 2.11. The Morgan fingerprint density at radius 1 is 1.14 bits per heavy atom. The molecule has 0 fully saturated rings. The summed E-state index contributed by atoms with van der Waals surface area (Å²) in [5, 5.41) is 13.9. The third kappa shape index (κ3) is 4.76. The number of benzene rings is 1. The van der Waals surface area contributed by atoms with Crippen molar-refractivity contribution in [1.82, 2.24) is 20.2 Å². The summed E-state index contributed by atoms with van der Waals surface area (Å²) in [5.74, 6) is -0.852. The van der Waals surface area contributed by atoms with Crippen LogP contribution in [0.5, 0.6) is 0 Å². The number of para-hydroxylation sites is 2. The first kappa shape index (κ1) is 15.8. The maximum atomic E-state index is 11.5. The molecule has 0 unspecified atom stereocenters. The topological polar surface area (TPSA) is 96.3 Å². The Hall–Kier alpha value is -2.57. The van der Waals surface area contributed by atoms with Gasteiger partial charge in [-0.05, 0) is 25.0 Å². The van der Waals surface area contributed by atoms with E-state index in [2.05, 4.69) is 20.2 Å². The number of carboxylic acids is 1. The zero-order chi connectivity index (χ0) is 15.8. The second-order valence-corrected chi connectivity index (χ2v) is 4.96. The second kappa shape index (κ2) is 8.02. The number of carbonyl (C=O) groups excluding carboxylic acids is 1. The zero-order valence-electron chi connectivity index (χ0n) is 12.3. The summed E-state index contributed by atoms with van der Waals surface area (Å²) >= 11 is 0. The molecule has 118 valence electrons. The molecule has 1 aromatic carbocycles. The Morgan fingerprint density at radius 2 is 1.86 bits per heavy atom. The SMILES string of the molecule is O=C(O)CCCNC(=O)NCCCn1cnc2ccccc21. The highest BCUT2D eigenvalue weighted by molar-refractivity contribution is 5.75. The lowest BCUT2D eigenvalue weighted by molar-refractivity contribution is -0.137. The van der Waals surface area contributed by atoms with Crippen LogP contribution in [-0.4, -0.2) is 39.7 Å². The molecule has 3 N–H and O–H groups in total. The average molecular weight is 304 g/mol. The monoisotopic (exact) mass is 304 g/mol. The summed E-state index contributed by atoms with van der Waals surface area (Å²) in [4.78, 5) is 26.1. The van der Waals surface area contributed by atoms with Crippen molar-refractivity contribution in [2.45, 2.75) is 25.8 Å². The third-order valence-corrected chi connectivity index (χ3v) is 3.24. The van der Waals surface area contributed by atoms with Gasteiger partial charge >= 0.3 is 12.0 Å². The molecule has 0 saturated heterocycles. The smallest absolute Gasteiger partial charge is 0.314 e. The van der Waals surface area contributed by atoms with Gasteiger partial charge in [-0.15, -0.1) is 0 Å². The third-order valence-electron chi connectivity index (χ3n) is 3.24. The molecule has 0 atom stereocenters. The van der Waals surface area contributed by atoms with Crippen LogP contribution in [0.3, 0.4) is 0 Å². The molecule has 0 radical (unpaired) electrons. The van der Waals surface area contributed by atoms with Crippen molar-refractivity contribution in [1.29, 1.82) is 0 Å². The number of amides is 2. The van der Waals surface area contributed by atoms with Crippen LogP contribution < -0.4 is 10.6 Å². The number of nitrogens with one attached hydrogen (secondary N) is 2. The molecule has 0 saturated carbocycles. The van der Waals surface area contributed by atoms with Crippen LogP contribution in [0, 0.1) is 0 Å². The van der Waals surface area contributed by atoms with E-state index >= 15 is 0 Å². The van der Waals surface area contributed by atoms with Crippen LogP contribution in [0.1, 0.15) is 19.3 Å². The van der Waals surface area contributed by atoms with E-state index < -0.39 is 5.97 Å². The number of carboxylic acid groups (broad SMARTS) is 1. The Kier molecular flexibility index (Phi) is 5.76. The van der Waals surface area contributed by atoms with Gasteiger partial charge in [0.05, 0.1) is 17.4 Å². The number of aryl methyl sites for hydroxylation is 1. The molecule has 0 bridgehead atoms. The van der Waals surface area contributed by atoms with Crippen molar-refractivity contribution in [2.24, 2.45) is 0 Å². The van der Waals surface area contributed by atoms with Crippen molar-refractivity contribution in [3.63, 3.8) is 0 Å². The molecule has 7 heteroatoms. The molecule has 0 aliphatic carbocycles. The van der Waals surface area contributed by atoms with Crippen LogP contribution in [0.4, 0.5) is 4.79 Å². The van der Waals surface area contributed by atoms with Gasteiger partial charge in [0.25, 0.3) is 0 Å². The zero-order valence-corrected chi connectivity index (χ0v) is 12.3. The summed E-state index contributed by atoms with van der Waals surface area (Å²) in [6, 6.07) is 7.65. The summed E-state index contributed by atoms with van der Waals surface area (Å²) < 4.78 is 2.06. The number of aromatic nitrogens is 2. The maximum Gasteiger partial charge on any atom is 0.314 e. The molecule has 7 nitrogen and oxygen atoms in total. The number of carbonyl (C=O) groups is 2. The predicted molar refractivity (Wildman–Crippen MR) is 82.6 cm³/mol. The maximum absolute atomic E-state index is 11.5. The van der Waals surface area contributed by atoms with Crippen molar-refractivity contribution in [3.05, 3.63) is 30.6 Å². The molecular formula is C15H20N4O3. The average Bonchev–Trinajstić information content (AvgIpc) is 2.91. The molecule has 2 rings (SSSR count). The molecule has 2 aromatic rings. The van der Waals surface area contributed by atoms with E-state index in [-0.39, 0.29) is 12.5 Å². The summed E-state index contributed by atoms with van der Waals surface area (Å²) in [6.07, 6.45) is 3.09. The summed E-state index contributed by atoms with van der Waals surface area (Å²) in [7, 11) is 0. The first-order chi connectivity index (χ1) is 10.7. The van der Waals surface area contributed by atoms with E-state index in [0.717, 1.165) is 24.0 Å². The van der Waals surface area contributed by atoms with Gasteiger partial charge in [-0.2, -0.15) is 0 Å². The normalized spacial score (nSPS) is 10.5. The van der Waals surface area contributed by atoms with E-state index in [4.69, 9.17) is 5.11 Å². The van der Waals surface area contributed by atoms with E-state index in [1.807, 2.05) is 24.3 Å². The van der Waals surface area contributed by atoms with E-state index in [1.54, 1.807) is 6.33 Å². The van der Waals surface area contributed by atoms with Crippen molar-refractivity contribution in [2.75, 3.05) is 13.1 Å². The van der Waals surface area contributed by atoms with Gasteiger partial charge in [-0.3, -0.25) is 4.79 Å². The largest absolute Gasteiger partial charge is 0.481 e. The van der Waals surface area contributed by atoms with Gasteiger partial charge < -0.3 is 20.3 Å². The van der Waals surface area contributed by atoms with E-state index in [1.165, 1.54) is 0 Å². The molecular weight excluding hydrogens is 284 g/mol. The molecule has 0 aliphatic heterocycles. The lowest BCUT2D eigenvalue weighted by atomic mass is 10.3. The standard InChI is InChI=1S/C15H20N4O3/c20-14(21)7-3-8-16-15(22)17-9-4-10-19-11-18-12-5-1-2-6-13(12)19/h1-2,5-6,11H,3-4,7-10H2,(H,20,21)(H2,16,17,22). The summed E-state index contributed by atoms with van der Waals surface area (Å²) in [6.45, 7) is 1.70. The van der Waals surface area contributed by atoms with Crippen LogP contribution in [0.15, 0.2) is 30.6 Å². The fourth-order valence-corrected chi connectivity index (χ4v) is 2.14. The van der Waals surface area contributed by atoms with Crippen LogP contribution in [0.2, 0.25) is 0 Å². The molecule has 0 spiro atoms. The highest BCUT2D eigenvalue weighted by Gasteiger charge is 2.03. The van der Waals surface area contributed by atoms with Crippen molar-refractivity contribution >= 4 is 23.0 Å². The Morgan fingerprint density at radius 3 is 2.64 bits per heavy atom. The Balaban J connectivity index is 1.63. The molecule has 1 heterocycles. The number of rotatable bonds is 8. The number of aliphatic carboxylic acids is 1. The van der Waals surface area contributed by atoms with Gasteiger partial charge in [-0.1, -0.05) is 12.1 Å². The number of hydrogen-bond acceptors (Lipinski definition) is 3. The number of urea groups is 1. The van der Waals surface area contributed by atoms with Crippen LogP contribution in [0.25, 0.3) is 11.0 Å². The molecule has 22 heavy (non-hydrogen) atoms. The van der Waals surface area contributed by atoms with Gasteiger partial charge in [0.15, 0.2) is 0 Å². The van der Waals surface area contributed by atoms with Gasteiger partial charge in [0, 0.05) is 26.1 Å². The van der Waals surface area contributed by atoms with E-state index in [0.29, 0.717) is 19.5 Å². The first-order valence-electron chi connectivity index (χ1n) is 7.30. The van der Waals surface area contributed by atoms with Crippen molar-refractivity contribution in [3.8, 4) is 0 Å². The van der Waals surface area contributed by atoms with Gasteiger partial charge in [-0.25, -0.2) is 9.78 Å². The van der Waals surface area contributed by atoms with Gasteiger partial charge in [0.2, 0.25) is 0 Å². The number of hydrogen-bond donors (Lipinski definition) is 3. The minimum atomic E-state index is -0.852. The minimum Gasteiger partial charge on any atom is -0.481 e. The highest BCUT2D eigenvalue weighted by atomic mass is 16.4. The number of nitrogens with zero attached hydrogens (tertiary/aromatic N) is 2. The number of fused-ring (bicyclic) bond motifs is 1. The summed E-state index contributed by atoms with van der Waals surface area (Å²) in [5.41, 5.74) is 2.05. The quantitative estimate of drug-likeness (QED) is 0.645. The minimum absolute atomic E-state index is 0.0635. The van der Waals surface area contributed by atoms with Gasteiger partial charge in [0.1, 0.15) is 0 Å².